The maximum Gasteiger partial charge on any atom is 0.269 e. The molecule has 2 aromatic heterocycles. The van der Waals surface area contributed by atoms with Crippen molar-refractivity contribution in [3.05, 3.63) is 86.3 Å². The van der Waals surface area contributed by atoms with E-state index >= 15 is 0 Å². The first-order chi connectivity index (χ1) is 12.0. The van der Waals surface area contributed by atoms with Crippen LogP contribution in [0.25, 0.3) is 16.8 Å². The molecule has 7 nitrogen and oxygen atoms in total. The third-order valence-electron chi connectivity index (χ3n) is 4.25. The molecule has 124 valence electrons. The van der Waals surface area contributed by atoms with E-state index in [-0.39, 0.29) is 11.2 Å². The lowest BCUT2D eigenvalue weighted by Gasteiger charge is -2.12. The van der Waals surface area contributed by atoms with Gasteiger partial charge in [-0.1, -0.05) is 24.3 Å². The molecule has 25 heavy (non-hydrogen) atoms. The lowest BCUT2D eigenvalue weighted by molar-refractivity contribution is -0.384. The van der Waals surface area contributed by atoms with Crippen LogP contribution >= 0.6 is 0 Å². The summed E-state index contributed by atoms with van der Waals surface area (Å²) in [6.07, 6.45) is 0. The average molecular weight is 334 g/mol. The SMILES string of the molecule is Cc1cc(=O)n2c3ccccc3nc2n1Cc1ccc([N+](=O)[O-])cc1. The molecule has 0 saturated carbocycles. The smallest absolute Gasteiger partial charge is 0.269 e. The van der Waals surface area contributed by atoms with E-state index in [9.17, 15) is 14.9 Å². The number of aromatic nitrogens is 3. The van der Waals surface area contributed by atoms with Gasteiger partial charge in [0.15, 0.2) is 0 Å². The summed E-state index contributed by atoms with van der Waals surface area (Å²) in [5.74, 6) is 0.560. The van der Waals surface area contributed by atoms with Crippen LogP contribution in [0.1, 0.15) is 11.3 Å². The predicted octanol–water partition coefficient (Wildman–Crippen LogP) is 2.91. The van der Waals surface area contributed by atoms with Crippen molar-refractivity contribution in [2.45, 2.75) is 13.5 Å². The third-order valence-corrected chi connectivity index (χ3v) is 4.25. The number of nitro benzene ring substituents is 1. The van der Waals surface area contributed by atoms with Gasteiger partial charge in [0.2, 0.25) is 5.78 Å². The highest BCUT2D eigenvalue weighted by Gasteiger charge is 2.13. The molecule has 0 atom stereocenters. The summed E-state index contributed by atoms with van der Waals surface area (Å²) in [7, 11) is 0. The number of hydrogen-bond donors (Lipinski definition) is 0. The third kappa shape index (κ3) is 2.46. The number of fused-ring (bicyclic) bond motifs is 3. The van der Waals surface area contributed by atoms with E-state index < -0.39 is 4.92 Å². The Bertz CT molecular complexity index is 1170. The Kier molecular flexibility index (Phi) is 3.35. The van der Waals surface area contributed by atoms with Crippen molar-refractivity contribution in [3.63, 3.8) is 0 Å². The van der Waals surface area contributed by atoms with Gasteiger partial charge in [-0.3, -0.25) is 14.9 Å². The van der Waals surface area contributed by atoms with Gasteiger partial charge in [-0.15, -0.1) is 0 Å². The first-order valence-corrected chi connectivity index (χ1v) is 7.75. The molecule has 0 aliphatic carbocycles. The van der Waals surface area contributed by atoms with Gasteiger partial charge in [0.1, 0.15) is 0 Å². The summed E-state index contributed by atoms with van der Waals surface area (Å²) in [6, 6.07) is 15.5. The van der Waals surface area contributed by atoms with Crippen molar-refractivity contribution in [1.29, 1.82) is 0 Å². The van der Waals surface area contributed by atoms with Crippen molar-refractivity contribution in [2.75, 3.05) is 0 Å². The number of nitro groups is 1. The van der Waals surface area contributed by atoms with E-state index in [1.807, 2.05) is 35.8 Å². The van der Waals surface area contributed by atoms with Crippen molar-refractivity contribution in [2.24, 2.45) is 0 Å². The molecule has 0 aliphatic heterocycles. The minimum Gasteiger partial charge on any atom is -0.311 e. The van der Waals surface area contributed by atoms with Gasteiger partial charge in [0, 0.05) is 23.9 Å². The van der Waals surface area contributed by atoms with Crippen LogP contribution in [0.5, 0.6) is 0 Å². The summed E-state index contributed by atoms with van der Waals surface area (Å²) in [5, 5.41) is 10.8. The van der Waals surface area contributed by atoms with Crippen LogP contribution in [-0.4, -0.2) is 18.9 Å². The molecule has 0 saturated heterocycles. The van der Waals surface area contributed by atoms with E-state index in [0.29, 0.717) is 12.3 Å². The molecule has 0 unspecified atom stereocenters. The van der Waals surface area contributed by atoms with Crippen molar-refractivity contribution in [1.82, 2.24) is 14.0 Å². The minimum absolute atomic E-state index is 0.0528. The molecule has 0 N–H and O–H groups in total. The van der Waals surface area contributed by atoms with Crippen molar-refractivity contribution < 1.29 is 4.92 Å². The van der Waals surface area contributed by atoms with Crippen LogP contribution in [-0.2, 0) is 6.54 Å². The number of imidazole rings is 1. The molecule has 0 bridgehead atoms. The highest BCUT2D eigenvalue weighted by Crippen LogP contribution is 2.18. The Morgan fingerprint density at radius 3 is 2.56 bits per heavy atom. The molecule has 2 aromatic carbocycles. The maximum absolute atomic E-state index is 12.4. The number of aryl methyl sites for hydroxylation is 1. The predicted molar refractivity (Wildman–Crippen MR) is 93.9 cm³/mol. The first kappa shape index (κ1) is 15.1. The molecule has 4 aromatic rings. The van der Waals surface area contributed by atoms with Gasteiger partial charge in [0.25, 0.3) is 11.2 Å². The Balaban J connectivity index is 1.89. The van der Waals surface area contributed by atoms with Gasteiger partial charge in [-0.25, -0.2) is 9.38 Å². The molecular formula is C18H14N4O3. The number of benzene rings is 2. The zero-order chi connectivity index (χ0) is 17.6. The summed E-state index contributed by atoms with van der Waals surface area (Å²) in [6.45, 7) is 2.32. The molecule has 0 fully saturated rings. The van der Waals surface area contributed by atoms with Crippen LogP contribution in [0.4, 0.5) is 5.69 Å². The van der Waals surface area contributed by atoms with Crippen molar-refractivity contribution >= 4 is 22.5 Å². The van der Waals surface area contributed by atoms with E-state index in [1.165, 1.54) is 12.1 Å². The summed E-state index contributed by atoms with van der Waals surface area (Å²) >= 11 is 0. The zero-order valence-corrected chi connectivity index (χ0v) is 13.4. The van der Waals surface area contributed by atoms with Crippen LogP contribution in [0, 0.1) is 17.0 Å². The second kappa shape index (κ2) is 5.55. The summed E-state index contributed by atoms with van der Waals surface area (Å²) in [4.78, 5) is 27.4. The number of rotatable bonds is 3. The Morgan fingerprint density at radius 2 is 1.84 bits per heavy atom. The largest absolute Gasteiger partial charge is 0.311 e. The second-order valence-electron chi connectivity index (χ2n) is 5.87. The Hall–Kier alpha value is -3.48. The van der Waals surface area contributed by atoms with E-state index in [2.05, 4.69) is 4.98 Å². The van der Waals surface area contributed by atoms with Gasteiger partial charge >= 0.3 is 0 Å². The highest BCUT2D eigenvalue weighted by atomic mass is 16.6. The topological polar surface area (TPSA) is 82.4 Å². The lowest BCUT2D eigenvalue weighted by Crippen LogP contribution is -2.19. The molecule has 0 radical (unpaired) electrons. The number of non-ortho nitro benzene ring substituents is 1. The van der Waals surface area contributed by atoms with Crippen LogP contribution < -0.4 is 5.56 Å². The second-order valence-corrected chi connectivity index (χ2v) is 5.87. The summed E-state index contributed by atoms with van der Waals surface area (Å²) < 4.78 is 3.52. The number of nitrogens with zero attached hydrogens (tertiary/aromatic N) is 4. The molecule has 0 spiro atoms. The fourth-order valence-electron chi connectivity index (χ4n) is 2.99. The average Bonchev–Trinajstić information content (AvgIpc) is 2.99. The molecular weight excluding hydrogens is 320 g/mol. The molecule has 0 aliphatic rings. The Morgan fingerprint density at radius 1 is 1.12 bits per heavy atom. The number of hydrogen-bond acceptors (Lipinski definition) is 4. The Labute approximate surface area is 141 Å². The van der Waals surface area contributed by atoms with E-state index in [1.54, 1.807) is 22.6 Å². The number of para-hydroxylation sites is 2. The molecule has 0 amide bonds. The van der Waals surface area contributed by atoms with Gasteiger partial charge < -0.3 is 4.57 Å². The first-order valence-electron chi connectivity index (χ1n) is 7.75. The quantitative estimate of drug-likeness (QED) is 0.426. The van der Waals surface area contributed by atoms with Gasteiger partial charge in [-0.2, -0.15) is 0 Å². The summed E-state index contributed by atoms with van der Waals surface area (Å²) in [5.41, 5.74) is 3.12. The zero-order valence-electron chi connectivity index (χ0n) is 13.4. The fourth-order valence-corrected chi connectivity index (χ4v) is 2.99. The van der Waals surface area contributed by atoms with Crippen LogP contribution in [0.3, 0.4) is 0 Å². The molecule has 4 rings (SSSR count). The minimum atomic E-state index is -0.423. The normalized spacial score (nSPS) is 11.2. The van der Waals surface area contributed by atoms with Crippen molar-refractivity contribution in [3.8, 4) is 0 Å². The van der Waals surface area contributed by atoms with E-state index in [4.69, 9.17) is 0 Å². The molecule has 7 heteroatoms. The monoisotopic (exact) mass is 334 g/mol. The highest BCUT2D eigenvalue weighted by molar-refractivity contribution is 5.79. The van der Waals surface area contributed by atoms with Crippen LogP contribution in [0.15, 0.2) is 59.4 Å². The maximum atomic E-state index is 12.4. The van der Waals surface area contributed by atoms with Crippen LogP contribution in [0.2, 0.25) is 0 Å². The molecule has 2 heterocycles. The van der Waals surface area contributed by atoms with Gasteiger partial charge in [0.05, 0.1) is 22.5 Å². The standard InChI is InChI=1S/C18H14N4O3/c1-12-10-17(23)21-16-5-3-2-4-15(16)19-18(21)20(12)11-13-6-8-14(9-7-13)22(24)25/h2-10H,11H2,1H3. The fraction of sp³-hybridized carbons (Fsp3) is 0.111. The van der Waals surface area contributed by atoms with E-state index in [0.717, 1.165) is 22.3 Å². The lowest BCUT2D eigenvalue weighted by atomic mass is 10.2. The van der Waals surface area contributed by atoms with Gasteiger partial charge in [-0.05, 0) is 24.6 Å².